The summed E-state index contributed by atoms with van der Waals surface area (Å²) < 4.78 is 6.08. The molecule has 1 aromatic rings. The fourth-order valence-electron chi connectivity index (χ4n) is 2.67. The van der Waals surface area contributed by atoms with E-state index in [1.54, 1.807) is 0 Å². The number of hydrogen-bond acceptors (Lipinski definition) is 3. The van der Waals surface area contributed by atoms with E-state index in [1.165, 1.54) is 5.69 Å². The topological polar surface area (TPSA) is 62.3 Å². The molecule has 0 aliphatic carbocycles. The molecule has 3 N–H and O–H groups in total. The first-order chi connectivity index (χ1) is 9.46. The van der Waals surface area contributed by atoms with Gasteiger partial charge in [-0.15, -0.1) is 0 Å². The van der Waals surface area contributed by atoms with Gasteiger partial charge in [0.05, 0.1) is 17.5 Å². The van der Waals surface area contributed by atoms with Crippen molar-refractivity contribution in [3.05, 3.63) is 30.3 Å². The SMILES string of the molecule is CC1(C)CCC(CN(CCC(=N)N)c2ccccc2)O1. The number of ether oxygens (including phenoxy) is 1. The summed E-state index contributed by atoms with van der Waals surface area (Å²) in [7, 11) is 0. The van der Waals surface area contributed by atoms with Crippen LogP contribution < -0.4 is 10.6 Å². The first-order valence-electron chi connectivity index (χ1n) is 7.27. The molecule has 4 heteroatoms. The summed E-state index contributed by atoms with van der Waals surface area (Å²) in [6.07, 6.45) is 3.05. The maximum Gasteiger partial charge on any atom is 0.0923 e. The number of amidine groups is 1. The summed E-state index contributed by atoms with van der Waals surface area (Å²) in [5.74, 6) is 0.235. The van der Waals surface area contributed by atoms with Crippen molar-refractivity contribution in [1.29, 1.82) is 5.41 Å². The Morgan fingerprint density at radius 1 is 1.40 bits per heavy atom. The second kappa shape index (κ2) is 6.27. The highest BCUT2D eigenvalue weighted by Crippen LogP contribution is 2.30. The molecular formula is C16H25N3O. The minimum atomic E-state index is -0.00635. The number of rotatable bonds is 6. The van der Waals surface area contributed by atoms with Gasteiger partial charge in [-0.05, 0) is 38.8 Å². The van der Waals surface area contributed by atoms with Crippen molar-refractivity contribution >= 4 is 11.5 Å². The van der Waals surface area contributed by atoms with E-state index < -0.39 is 0 Å². The van der Waals surface area contributed by atoms with Crippen molar-refractivity contribution in [3.8, 4) is 0 Å². The van der Waals surface area contributed by atoms with Crippen LogP contribution in [0, 0.1) is 5.41 Å². The van der Waals surface area contributed by atoms with Gasteiger partial charge in [0.15, 0.2) is 0 Å². The lowest BCUT2D eigenvalue weighted by Crippen LogP contribution is -2.36. The summed E-state index contributed by atoms with van der Waals surface area (Å²) in [6, 6.07) is 10.3. The molecule has 0 bridgehead atoms. The summed E-state index contributed by atoms with van der Waals surface area (Å²) in [6.45, 7) is 5.92. The zero-order chi connectivity index (χ0) is 14.6. The number of benzene rings is 1. The Morgan fingerprint density at radius 2 is 2.10 bits per heavy atom. The lowest BCUT2D eigenvalue weighted by molar-refractivity contribution is -0.0115. The van der Waals surface area contributed by atoms with E-state index in [0.717, 1.165) is 25.9 Å². The molecule has 1 aliphatic rings. The minimum absolute atomic E-state index is 0.00635. The van der Waals surface area contributed by atoms with Crippen molar-refractivity contribution in [3.63, 3.8) is 0 Å². The van der Waals surface area contributed by atoms with Crippen LogP contribution in [0.1, 0.15) is 33.1 Å². The molecule has 2 rings (SSSR count). The summed E-state index contributed by atoms with van der Waals surface area (Å²) in [5.41, 5.74) is 6.66. The van der Waals surface area contributed by atoms with Gasteiger partial charge in [-0.25, -0.2) is 0 Å². The van der Waals surface area contributed by atoms with Crippen LogP contribution in [0.3, 0.4) is 0 Å². The molecular weight excluding hydrogens is 250 g/mol. The number of para-hydroxylation sites is 1. The van der Waals surface area contributed by atoms with Gasteiger partial charge in [0.1, 0.15) is 0 Å². The van der Waals surface area contributed by atoms with E-state index in [9.17, 15) is 0 Å². The van der Waals surface area contributed by atoms with Crippen LogP contribution in [0.4, 0.5) is 5.69 Å². The number of nitrogens with two attached hydrogens (primary N) is 1. The van der Waals surface area contributed by atoms with Crippen molar-refractivity contribution in [2.45, 2.75) is 44.8 Å². The van der Waals surface area contributed by atoms with Gasteiger partial charge in [0.2, 0.25) is 0 Å². The van der Waals surface area contributed by atoms with Crippen LogP contribution >= 0.6 is 0 Å². The fraction of sp³-hybridized carbons (Fsp3) is 0.562. The van der Waals surface area contributed by atoms with Crippen LogP contribution in [0.25, 0.3) is 0 Å². The number of nitrogens with zero attached hydrogens (tertiary/aromatic N) is 1. The number of anilines is 1. The molecule has 0 saturated carbocycles. The number of nitrogens with one attached hydrogen (secondary N) is 1. The molecule has 1 fully saturated rings. The Kier molecular flexibility index (Phi) is 4.65. The van der Waals surface area contributed by atoms with Crippen molar-refractivity contribution in [2.75, 3.05) is 18.0 Å². The van der Waals surface area contributed by atoms with Crippen molar-refractivity contribution < 1.29 is 4.74 Å². The zero-order valence-electron chi connectivity index (χ0n) is 12.4. The molecule has 20 heavy (non-hydrogen) atoms. The molecule has 0 spiro atoms. The Hall–Kier alpha value is -1.55. The van der Waals surface area contributed by atoms with Crippen LogP contribution in [0.2, 0.25) is 0 Å². The third-order valence-corrected chi connectivity index (χ3v) is 3.75. The molecule has 1 atom stereocenters. The third-order valence-electron chi connectivity index (χ3n) is 3.75. The maximum absolute atomic E-state index is 7.42. The third kappa shape index (κ3) is 4.23. The Morgan fingerprint density at radius 3 is 2.65 bits per heavy atom. The monoisotopic (exact) mass is 275 g/mol. The smallest absolute Gasteiger partial charge is 0.0923 e. The van der Waals surface area contributed by atoms with Gasteiger partial charge >= 0.3 is 0 Å². The molecule has 110 valence electrons. The Balaban J connectivity index is 2.01. The van der Waals surface area contributed by atoms with Gasteiger partial charge in [-0.3, -0.25) is 5.41 Å². The second-order valence-electron chi connectivity index (χ2n) is 6.10. The van der Waals surface area contributed by atoms with E-state index in [0.29, 0.717) is 6.42 Å². The highest BCUT2D eigenvalue weighted by molar-refractivity contribution is 5.77. The second-order valence-corrected chi connectivity index (χ2v) is 6.10. The van der Waals surface area contributed by atoms with Gasteiger partial charge in [-0.2, -0.15) is 0 Å². The van der Waals surface area contributed by atoms with E-state index in [-0.39, 0.29) is 17.5 Å². The maximum atomic E-state index is 7.42. The largest absolute Gasteiger partial charge is 0.388 e. The molecule has 1 saturated heterocycles. The molecule has 0 amide bonds. The van der Waals surface area contributed by atoms with Gasteiger partial charge in [0.25, 0.3) is 0 Å². The van der Waals surface area contributed by atoms with Crippen LogP contribution in [0.15, 0.2) is 30.3 Å². The van der Waals surface area contributed by atoms with E-state index in [2.05, 4.69) is 30.9 Å². The quantitative estimate of drug-likeness (QED) is 0.620. The van der Waals surface area contributed by atoms with Gasteiger partial charge in [0, 0.05) is 25.2 Å². The van der Waals surface area contributed by atoms with Crippen LogP contribution in [-0.2, 0) is 4.74 Å². The molecule has 1 unspecified atom stereocenters. The van der Waals surface area contributed by atoms with Crippen LogP contribution in [0.5, 0.6) is 0 Å². The standard InChI is InChI=1S/C16H25N3O/c1-16(2)10-8-14(20-16)12-19(11-9-15(17)18)13-6-4-3-5-7-13/h3-7,14H,8-12H2,1-2H3,(H3,17,18). The average molecular weight is 275 g/mol. The van der Waals surface area contributed by atoms with Gasteiger partial charge in [-0.1, -0.05) is 18.2 Å². The average Bonchev–Trinajstić information content (AvgIpc) is 2.74. The van der Waals surface area contributed by atoms with E-state index in [1.807, 2.05) is 18.2 Å². The first kappa shape index (κ1) is 14.9. The Labute approximate surface area is 121 Å². The predicted molar refractivity (Wildman–Crippen MR) is 83.4 cm³/mol. The highest BCUT2D eigenvalue weighted by atomic mass is 16.5. The molecule has 4 nitrogen and oxygen atoms in total. The molecule has 0 aromatic heterocycles. The number of hydrogen-bond donors (Lipinski definition) is 2. The lowest BCUT2D eigenvalue weighted by atomic mass is 10.1. The zero-order valence-corrected chi connectivity index (χ0v) is 12.4. The first-order valence-corrected chi connectivity index (χ1v) is 7.27. The van der Waals surface area contributed by atoms with Gasteiger partial charge < -0.3 is 15.4 Å². The van der Waals surface area contributed by atoms with Crippen LogP contribution in [-0.4, -0.2) is 30.6 Å². The van der Waals surface area contributed by atoms with E-state index >= 15 is 0 Å². The lowest BCUT2D eigenvalue weighted by Gasteiger charge is -2.28. The minimum Gasteiger partial charge on any atom is -0.388 e. The Bertz CT molecular complexity index is 444. The molecule has 1 aromatic carbocycles. The summed E-state index contributed by atoms with van der Waals surface area (Å²) >= 11 is 0. The summed E-state index contributed by atoms with van der Waals surface area (Å²) in [5, 5.41) is 7.42. The van der Waals surface area contributed by atoms with E-state index in [4.69, 9.17) is 15.9 Å². The highest BCUT2D eigenvalue weighted by Gasteiger charge is 2.32. The molecule has 1 aliphatic heterocycles. The fourth-order valence-corrected chi connectivity index (χ4v) is 2.67. The van der Waals surface area contributed by atoms with Crippen molar-refractivity contribution in [1.82, 2.24) is 0 Å². The summed E-state index contributed by atoms with van der Waals surface area (Å²) in [4.78, 5) is 2.27. The normalized spacial score (nSPS) is 20.8. The molecule has 0 radical (unpaired) electrons. The predicted octanol–water partition coefficient (Wildman–Crippen LogP) is 2.78. The van der Waals surface area contributed by atoms with Crippen molar-refractivity contribution in [2.24, 2.45) is 5.73 Å². The molecule has 1 heterocycles.